The molecule has 0 fully saturated rings. The molecule has 0 unspecified atom stereocenters. The number of carboxylic acids is 1. The molecule has 0 aliphatic heterocycles. The molecule has 21 heavy (non-hydrogen) atoms. The van der Waals surface area contributed by atoms with Crippen LogP contribution in [0.1, 0.15) is 20.7 Å². The van der Waals surface area contributed by atoms with E-state index in [1.165, 1.54) is 30.3 Å². The van der Waals surface area contributed by atoms with Crippen LogP contribution in [-0.4, -0.2) is 27.2 Å². The minimum atomic E-state index is -1.31. The van der Waals surface area contributed by atoms with Gasteiger partial charge < -0.3 is 20.6 Å². The molecule has 2 aromatic carbocycles. The van der Waals surface area contributed by atoms with Crippen LogP contribution in [0.4, 0.5) is 5.69 Å². The van der Waals surface area contributed by atoms with Crippen LogP contribution in [0, 0.1) is 0 Å². The van der Waals surface area contributed by atoms with Gasteiger partial charge in [-0.2, -0.15) is 0 Å². The second-order valence-electron chi connectivity index (χ2n) is 4.16. The maximum atomic E-state index is 12.0. The van der Waals surface area contributed by atoms with Gasteiger partial charge in [0.1, 0.15) is 17.1 Å². The Bertz CT molecular complexity index is 729. The van der Waals surface area contributed by atoms with Gasteiger partial charge in [-0.15, -0.1) is 0 Å². The van der Waals surface area contributed by atoms with E-state index in [9.17, 15) is 19.8 Å². The van der Waals surface area contributed by atoms with Gasteiger partial charge in [-0.25, -0.2) is 4.79 Å². The van der Waals surface area contributed by atoms with Gasteiger partial charge in [-0.05, 0) is 36.4 Å². The summed E-state index contributed by atoms with van der Waals surface area (Å²) in [6.45, 7) is 0. The second kappa shape index (κ2) is 5.72. The molecule has 2 aromatic rings. The van der Waals surface area contributed by atoms with E-state index in [-0.39, 0.29) is 27.6 Å². The molecule has 0 bridgehead atoms. The Labute approximate surface area is 124 Å². The van der Waals surface area contributed by atoms with Crippen LogP contribution >= 0.6 is 11.6 Å². The van der Waals surface area contributed by atoms with Gasteiger partial charge in [0.25, 0.3) is 5.91 Å². The lowest BCUT2D eigenvalue weighted by molar-refractivity contribution is 0.0693. The summed E-state index contributed by atoms with van der Waals surface area (Å²) in [5, 5.41) is 30.1. The topological polar surface area (TPSA) is 107 Å². The van der Waals surface area contributed by atoms with Gasteiger partial charge in [-0.1, -0.05) is 11.6 Å². The number of amides is 1. The molecule has 4 N–H and O–H groups in total. The summed E-state index contributed by atoms with van der Waals surface area (Å²) >= 11 is 5.71. The van der Waals surface area contributed by atoms with Crippen molar-refractivity contribution in [2.24, 2.45) is 0 Å². The summed E-state index contributed by atoms with van der Waals surface area (Å²) in [5.41, 5.74) is 0.0821. The fourth-order valence-corrected chi connectivity index (χ4v) is 1.82. The van der Waals surface area contributed by atoms with Gasteiger partial charge in [0.05, 0.1) is 5.02 Å². The fourth-order valence-electron chi connectivity index (χ4n) is 1.64. The number of carbonyl (C=O) groups is 2. The third kappa shape index (κ3) is 3.24. The number of hydrogen-bond acceptors (Lipinski definition) is 4. The summed E-state index contributed by atoms with van der Waals surface area (Å²) in [6, 6.07) is 7.60. The van der Waals surface area contributed by atoms with Gasteiger partial charge in [0, 0.05) is 11.3 Å². The summed E-state index contributed by atoms with van der Waals surface area (Å²) in [4.78, 5) is 22.9. The molecule has 0 saturated carbocycles. The number of nitrogens with one attached hydrogen (secondary N) is 1. The van der Waals surface area contributed by atoms with Crippen molar-refractivity contribution in [2.45, 2.75) is 0 Å². The van der Waals surface area contributed by atoms with Gasteiger partial charge in [0.15, 0.2) is 0 Å². The quantitative estimate of drug-likeness (QED) is 0.652. The van der Waals surface area contributed by atoms with E-state index in [4.69, 9.17) is 16.7 Å². The first-order valence-electron chi connectivity index (χ1n) is 5.74. The molecule has 0 aliphatic carbocycles. The van der Waals surface area contributed by atoms with Crippen LogP contribution in [0.5, 0.6) is 11.5 Å². The Morgan fingerprint density at radius 3 is 2.29 bits per heavy atom. The molecule has 0 radical (unpaired) electrons. The minimum Gasteiger partial charge on any atom is -0.507 e. The van der Waals surface area contributed by atoms with Crippen molar-refractivity contribution in [1.29, 1.82) is 0 Å². The third-order valence-corrected chi connectivity index (χ3v) is 3.00. The average molecular weight is 308 g/mol. The first kappa shape index (κ1) is 14.7. The Morgan fingerprint density at radius 1 is 1.00 bits per heavy atom. The van der Waals surface area contributed by atoms with Gasteiger partial charge in [-0.3, -0.25) is 4.79 Å². The Morgan fingerprint density at radius 2 is 1.67 bits per heavy atom. The molecular weight excluding hydrogens is 298 g/mol. The van der Waals surface area contributed by atoms with E-state index in [2.05, 4.69) is 5.32 Å². The van der Waals surface area contributed by atoms with Crippen molar-refractivity contribution in [3.63, 3.8) is 0 Å². The highest BCUT2D eigenvalue weighted by molar-refractivity contribution is 6.32. The Kier molecular flexibility index (Phi) is 4.00. The van der Waals surface area contributed by atoms with Gasteiger partial charge >= 0.3 is 5.97 Å². The highest BCUT2D eigenvalue weighted by atomic mass is 35.5. The number of anilines is 1. The molecular formula is C14H10ClNO5. The van der Waals surface area contributed by atoms with Crippen LogP contribution in [0.25, 0.3) is 0 Å². The zero-order valence-electron chi connectivity index (χ0n) is 10.5. The van der Waals surface area contributed by atoms with Gasteiger partial charge in [0.2, 0.25) is 0 Å². The second-order valence-corrected chi connectivity index (χ2v) is 4.56. The number of rotatable bonds is 3. The summed E-state index contributed by atoms with van der Waals surface area (Å²) < 4.78 is 0. The molecule has 108 valence electrons. The molecule has 2 rings (SSSR count). The molecule has 7 heteroatoms. The van der Waals surface area contributed by atoms with E-state index < -0.39 is 17.6 Å². The predicted molar refractivity (Wildman–Crippen MR) is 76.1 cm³/mol. The first-order chi connectivity index (χ1) is 9.88. The summed E-state index contributed by atoms with van der Waals surface area (Å²) in [7, 11) is 0. The zero-order chi connectivity index (χ0) is 15.6. The predicted octanol–water partition coefficient (Wildman–Crippen LogP) is 2.70. The van der Waals surface area contributed by atoms with E-state index >= 15 is 0 Å². The number of carbonyl (C=O) groups excluding carboxylic acids is 1. The molecule has 0 aliphatic rings. The summed E-state index contributed by atoms with van der Waals surface area (Å²) in [5.74, 6) is -2.38. The number of benzene rings is 2. The zero-order valence-corrected chi connectivity index (χ0v) is 11.3. The number of phenolic OH excluding ortho intramolecular Hbond substituents is 1. The van der Waals surface area contributed by atoms with Crippen LogP contribution < -0.4 is 5.32 Å². The number of halogens is 1. The molecule has 0 heterocycles. The molecule has 0 spiro atoms. The molecule has 0 saturated heterocycles. The molecule has 1 amide bonds. The van der Waals surface area contributed by atoms with E-state index in [0.29, 0.717) is 0 Å². The number of aromatic hydroxyl groups is 2. The Balaban J connectivity index is 2.25. The summed E-state index contributed by atoms with van der Waals surface area (Å²) in [6.07, 6.45) is 0. The maximum Gasteiger partial charge on any atom is 0.339 e. The standard InChI is InChI=1S/C14H10ClNO5/c15-10-5-7(1-3-12(10)18)13(19)16-8-2-4-11(17)9(6-8)14(20)21/h1-6,17-18H,(H,16,19)(H,20,21). The monoisotopic (exact) mass is 307 g/mol. The van der Waals surface area contributed by atoms with E-state index in [0.717, 1.165) is 6.07 Å². The lowest BCUT2D eigenvalue weighted by atomic mass is 10.1. The van der Waals surface area contributed by atoms with Crippen LogP contribution in [-0.2, 0) is 0 Å². The SMILES string of the molecule is O=C(Nc1ccc(O)c(C(=O)O)c1)c1ccc(O)c(Cl)c1. The number of aromatic carboxylic acids is 1. The van der Waals surface area contributed by atoms with Crippen molar-refractivity contribution in [1.82, 2.24) is 0 Å². The number of phenols is 2. The van der Waals surface area contributed by atoms with Crippen molar-refractivity contribution >= 4 is 29.2 Å². The molecule has 6 nitrogen and oxygen atoms in total. The van der Waals surface area contributed by atoms with E-state index in [1.54, 1.807) is 0 Å². The largest absolute Gasteiger partial charge is 0.507 e. The number of carboxylic acid groups (broad SMARTS) is 1. The lowest BCUT2D eigenvalue weighted by Gasteiger charge is -2.08. The normalized spacial score (nSPS) is 10.1. The van der Waals surface area contributed by atoms with Crippen molar-refractivity contribution < 1.29 is 24.9 Å². The molecule has 0 aromatic heterocycles. The number of hydrogen-bond donors (Lipinski definition) is 4. The first-order valence-corrected chi connectivity index (χ1v) is 6.12. The van der Waals surface area contributed by atoms with Crippen molar-refractivity contribution in [3.8, 4) is 11.5 Å². The third-order valence-electron chi connectivity index (χ3n) is 2.69. The van der Waals surface area contributed by atoms with Crippen LogP contribution in [0.2, 0.25) is 5.02 Å². The minimum absolute atomic E-state index is 0.0274. The van der Waals surface area contributed by atoms with Crippen molar-refractivity contribution in [3.05, 3.63) is 52.5 Å². The van der Waals surface area contributed by atoms with Crippen LogP contribution in [0.3, 0.4) is 0 Å². The molecule has 0 atom stereocenters. The maximum absolute atomic E-state index is 12.0. The smallest absolute Gasteiger partial charge is 0.339 e. The lowest BCUT2D eigenvalue weighted by Crippen LogP contribution is -2.12. The Hall–Kier alpha value is -2.73. The highest BCUT2D eigenvalue weighted by Gasteiger charge is 2.13. The average Bonchev–Trinajstić information content (AvgIpc) is 2.43. The van der Waals surface area contributed by atoms with Crippen molar-refractivity contribution in [2.75, 3.05) is 5.32 Å². The van der Waals surface area contributed by atoms with E-state index in [1.807, 2.05) is 0 Å². The fraction of sp³-hybridized carbons (Fsp3) is 0. The highest BCUT2D eigenvalue weighted by Crippen LogP contribution is 2.25. The van der Waals surface area contributed by atoms with Crippen LogP contribution in [0.15, 0.2) is 36.4 Å².